The van der Waals surface area contributed by atoms with Crippen LogP contribution in [0.5, 0.6) is 0 Å². The summed E-state index contributed by atoms with van der Waals surface area (Å²) >= 11 is 0. The van der Waals surface area contributed by atoms with E-state index in [-0.39, 0.29) is 12.3 Å². The highest BCUT2D eigenvalue weighted by atomic mass is 31.1. The van der Waals surface area contributed by atoms with Crippen LogP contribution < -0.4 is 0 Å². The molecule has 0 aliphatic carbocycles. The van der Waals surface area contributed by atoms with Gasteiger partial charge in [-0.05, 0) is 58.3 Å². The Hall–Kier alpha value is 0.620. The standard InChI is InChI=1S/C28H61NO5P2/c1-10-19-30-27(15-6,31-20-11-2)35-23-17-29(26(14-5)34-25(8)9)18-24-36-28(16-7,32-21-12-3)33-22-13-4/h25-26,35-36H,10-24H2,1-9H3. The molecule has 0 aromatic heterocycles. The highest BCUT2D eigenvalue weighted by Crippen LogP contribution is 2.40. The molecule has 36 heavy (non-hydrogen) atoms. The summed E-state index contributed by atoms with van der Waals surface area (Å²) in [6.45, 7) is 24.4. The fourth-order valence-electron chi connectivity index (χ4n) is 3.95. The third-order valence-electron chi connectivity index (χ3n) is 5.86. The van der Waals surface area contributed by atoms with E-state index >= 15 is 0 Å². The van der Waals surface area contributed by atoms with E-state index in [4.69, 9.17) is 23.7 Å². The van der Waals surface area contributed by atoms with Crippen molar-refractivity contribution in [1.82, 2.24) is 4.90 Å². The van der Waals surface area contributed by atoms with E-state index in [2.05, 4.69) is 67.2 Å². The topological polar surface area (TPSA) is 49.4 Å². The summed E-state index contributed by atoms with van der Waals surface area (Å²) in [5, 5.41) is 0. The first-order valence-electron chi connectivity index (χ1n) is 14.8. The lowest BCUT2D eigenvalue weighted by molar-refractivity contribution is -0.175. The first kappa shape index (κ1) is 36.6. The van der Waals surface area contributed by atoms with Crippen molar-refractivity contribution in [2.24, 2.45) is 0 Å². The van der Waals surface area contributed by atoms with Gasteiger partial charge >= 0.3 is 0 Å². The number of rotatable bonds is 26. The van der Waals surface area contributed by atoms with Crippen LogP contribution in [0.2, 0.25) is 0 Å². The average Bonchev–Trinajstić information content (AvgIpc) is 2.89. The number of hydrogen-bond acceptors (Lipinski definition) is 6. The van der Waals surface area contributed by atoms with Crippen molar-refractivity contribution in [3.05, 3.63) is 0 Å². The van der Waals surface area contributed by atoms with Crippen molar-refractivity contribution in [3.63, 3.8) is 0 Å². The zero-order chi connectivity index (χ0) is 27.3. The minimum Gasteiger partial charge on any atom is -0.361 e. The molecule has 6 nitrogen and oxygen atoms in total. The summed E-state index contributed by atoms with van der Waals surface area (Å²) in [7, 11) is 1.20. The fourth-order valence-corrected chi connectivity index (χ4v) is 6.82. The van der Waals surface area contributed by atoms with Crippen LogP contribution in [-0.2, 0) is 23.7 Å². The quantitative estimate of drug-likeness (QED) is 0.0810. The van der Waals surface area contributed by atoms with Gasteiger partial charge in [-0.2, -0.15) is 0 Å². The molecule has 0 aromatic carbocycles. The molecule has 8 heteroatoms. The fraction of sp³-hybridized carbons (Fsp3) is 1.00. The predicted octanol–water partition coefficient (Wildman–Crippen LogP) is 7.64. The van der Waals surface area contributed by atoms with Crippen molar-refractivity contribution < 1.29 is 23.7 Å². The van der Waals surface area contributed by atoms with E-state index in [0.29, 0.717) is 17.2 Å². The molecule has 0 amide bonds. The van der Waals surface area contributed by atoms with E-state index in [0.717, 1.165) is 96.8 Å². The van der Waals surface area contributed by atoms with Gasteiger partial charge in [0.05, 0.1) is 32.5 Å². The SMILES string of the molecule is CCCOC(CC)(OCCC)PCCN(CCPC(CC)(OCCC)OCCC)C(CC)OC(C)C. The Kier molecular flexibility index (Phi) is 22.8. The van der Waals surface area contributed by atoms with Crippen molar-refractivity contribution in [2.45, 2.75) is 131 Å². The second-order valence-electron chi connectivity index (χ2n) is 9.54. The van der Waals surface area contributed by atoms with Gasteiger partial charge in [-0.15, -0.1) is 0 Å². The van der Waals surface area contributed by atoms with Gasteiger partial charge in [0, 0.05) is 25.9 Å². The maximum atomic E-state index is 6.35. The lowest BCUT2D eigenvalue weighted by atomic mass is 10.3. The van der Waals surface area contributed by atoms with Crippen LogP contribution in [0.4, 0.5) is 0 Å². The normalized spacial score (nSPS) is 14.4. The van der Waals surface area contributed by atoms with Gasteiger partial charge in [-0.1, -0.05) is 65.6 Å². The molecule has 0 radical (unpaired) electrons. The molecular weight excluding hydrogens is 492 g/mol. The first-order chi connectivity index (χ1) is 17.3. The summed E-state index contributed by atoms with van der Waals surface area (Å²) in [5.41, 5.74) is -0.890. The maximum Gasteiger partial charge on any atom is 0.183 e. The molecule has 0 bridgehead atoms. The lowest BCUT2D eigenvalue weighted by Gasteiger charge is -2.37. The van der Waals surface area contributed by atoms with E-state index in [9.17, 15) is 0 Å². The molecule has 0 aliphatic rings. The zero-order valence-corrected chi connectivity index (χ0v) is 27.2. The molecule has 3 atom stereocenters. The third-order valence-corrected chi connectivity index (χ3v) is 9.17. The predicted molar refractivity (Wildman–Crippen MR) is 159 cm³/mol. The Morgan fingerprint density at radius 2 is 0.972 bits per heavy atom. The molecule has 3 unspecified atom stereocenters. The van der Waals surface area contributed by atoms with Gasteiger partial charge in [-0.25, -0.2) is 0 Å². The van der Waals surface area contributed by atoms with E-state index < -0.39 is 11.1 Å². The van der Waals surface area contributed by atoms with Gasteiger partial charge < -0.3 is 23.7 Å². The van der Waals surface area contributed by atoms with Gasteiger partial charge in [-0.3, -0.25) is 4.90 Å². The summed E-state index contributed by atoms with van der Waals surface area (Å²) in [4.78, 5) is 2.53. The number of nitrogens with zero attached hydrogens (tertiary/aromatic N) is 1. The molecule has 218 valence electrons. The summed E-state index contributed by atoms with van der Waals surface area (Å²) in [5.74, 6) is 0. The smallest absolute Gasteiger partial charge is 0.183 e. The largest absolute Gasteiger partial charge is 0.361 e. The molecule has 0 saturated heterocycles. The van der Waals surface area contributed by atoms with Gasteiger partial charge in [0.2, 0.25) is 0 Å². The molecular formula is C28H61NO5P2. The molecule has 0 fully saturated rings. The molecule has 0 spiro atoms. The second-order valence-corrected chi connectivity index (χ2v) is 12.8. The summed E-state index contributed by atoms with van der Waals surface area (Å²) < 4.78 is 31.5. The molecule has 0 rings (SSSR count). The second kappa shape index (κ2) is 22.4. The molecule has 0 aromatic rings. The minimum atomic E-state index is -0.445. The Bertz CT molecular complexity index is 449. The van der Waals surface area contributed by atoms with E-state index in [1.54, 1.807) is 0 Å². The van der Waals surface area contributed by atoms with E-state index in [1.807, 2.05) is 0 Å². The van der Waals surface area contributed by atoms with Crippen LogP contribution in [0.1, 0.15) is 107 Å². The Morgan fingerprint density at radius 3 is 1.22 bits per heavy atom. The van der Waals surface area contributed by atoms with Crippen LogP contribution in [0.3, 0.4) is 0 Å². The lowest BCUT2D eigenvalue weighted by Crippen LogP contribution is -2.42. The summed E-state index contributed by atoms with van der Waals surface area (Å²) in [6.07, 6.45) is 9.18. The number of ether oxygens (including phenoxy) is 5. The van der Waals surface area contributed by atoms with Crippen molar-refractivity contribution in [3.8, 4) is 0 Å². The average molecular weight is 554 g/mol. The van der Waals surface area contributed by atoms with Crippen molar-refractivity contribution in [2.75, 3.05) is 51.8 Å². The number of hydrogen-bond donors (Lipinski definition) is 0. The van der Waals surface area contributed by atoms with Crippen molar-refractivity contribution in [1.29, 1.82) is 0 Å². The molecule has 0 N–H and O–H groups in total. The van der Waals surface area contributed by atoms with Gasteiger partial charge in [0.1, 0.15) is 6.23 Å². The van der Waals surface area contributed by atoms with Crippen LogP contribution in [0.15, 0.2) is 0 Å². The van der Waals surface area contributed by atoms with Gasteiger partial charge in [0.25, 0.3) is 0 Å². The highest BCUT2D eigenvalue weighted by molar-refractivity contribution is 7.39. The minimum absolute atomic E-state index is 0.118. The van der Waals surface area contributed by atoms with Crippen LogP contribution in [0.25, 0.3) is 0 Å². The van der Waals surface area contributed by atoms with Crippen LogP contribution >= 0.6 is 17.2 Å². The van der Waals surface area contributed by atoms with E-state index in [1.165, 1.54) is 0 Å². The third kappa shape index (κ3) is 15.3. The molecule has 0 heterocycles. The molecule has 0 aliphatic heterocycles. The zero-order valence-electron chi connectivity index (χ0n) is 25.2. The molecule has 0 saturated carbocycles. The Labute approximate surface area is 228 Å². The van der Waals surface area contributed by atoms with Crippen molar-refractivity contribution >= 4 is 17.2 Å². The highest BCUT2D eigenvalue weighted by Gasteiger charge is 2.32. The Morgan fingerprint density at radius 1 is 0.611 bits per heavy atom. The first-order valence-corrected chi connectivity index (χ1v) is 17.2. The Balaban J connectivity index is 5.35. The maximum absolute atomic E-state index is 6.35. The van der Waals surface area contributed by atoms with Crippen LogP contribution in [0, 0.1) is 0 Å². The summed E-state index contributed by atoms with van der Waals surface area (Å²) in [6, 6.07) is 0. The van der Waals surface area contributed by atoms with Crippen LogP contribution in [-0.4, -0.2) is 80.1 Å². The monoisotopic (exact) mass is 553 g/mol. The van der Waals surface area contributed by atoms with Gasteiger partial charge in [0.15, 0.2) is 11.1 Å².